The molecule has 0 aliphatic carbocycles. The van der Waals surface area contributed by atoms with Crippen LogP contribution in [0.25, 0.3) is 0 Å². The van der Waals surface area contributed by atoms with Gasteiger partial charge in [0.05, 0.1) is 0 Å². The molecule has 1 nitrogen and oxygen atoms in total. The molecule has 15 heavy (non-hydrogen) atoms. The quantitative estimate of drug-likeness (QED) is 0.392. The summed E-state index contributed by atoms with van der Waals surface area (Å²) in [5.74, 6) is 0. The molecule has 0 rings (SSSR count). The Morgan fingerprint density at radius 3 is 1.40 bits per heavy atom. The average Bonchev–Trinajstić information content (AvgIpc) is 1.77. The summed E-state index contributed by atoms with van der Waals surface area (Å²) < 4.78 is 82.5. The van der Waals surface area contributed by atoms with Gasteiger partial charge in [-0.2, -0.15) is 30.7 Å². The van der Waals surface area contributed by atoms with E-state index in [1.165, 1.54) is 0 Å². The molecule has 0 fully saturated rings. The maximum absolute atomic E-state index is 12.5. The first-order valence-electron chi connectivity index (χ1n) is 2.80. The van der Waals surface area contributed by atoms with E-state index in [-0.39, 0.29) is 22.6 Å². The lowest BCUT2D eigenvalue weighted by Gasteiger charge is -2.29. The number of halogens is 10. The Labute approximate surface area is 102 Å². The molecule has 0 aromatic heterocycles. The molecule has 0 aromatic rings. The van der Waals surface area contributed by atoms with Gasteiger partial charge in [-0.15, -0.1) is 0 Å². The molecule has 92 valence electrons. The van der Waals surface area contributed by atoms with Crippen molar-refractivity contribution in [3.63, 3.8) is 0 Å². The van der Waals surface area contributed by atoms with Crippen LogP contribution in [0.1, 0.15) is 0 Å². The Hall–Kier alpha value is 0.780. The summed E-state index contributed by atoms with van der Waals surface area (Å²) in [4.78, 5) is 0. The van der Waals surface area contributed by atoms with Gasteiger partial charge in [0.2, 0.25) is 0 Å². The highest BCUT2D eigenvalue weighted by molar-refractivity contribution is 14.1. The van der Waals surface area contributed by atoms with Crippen molar-refractivity contribution in [1.82, 2.24) is 0 Å². The second kappa shape index (κ2) is 4.22. The topological polar surface area (TPSA) is 9.23 Å². The minimum Gasteiger partial charge on any atom is -0.258 e. The predicted molar refractivity (Wildman–Crippen MR) is 45.5 cm³/mol. The van der Waals surface area contributed by atoms with Crippen LogP contribution in [0.5, 0.6) is 0 Å². The maximum atomic E-state index is 12.5. The van der Waals surface area contributed by atoms with Gasteiger partial charge in [0.1, 0.15) is 0 Å². The molecule has 0 N–H and O–H groups in total. The van der Waals surface area contributed by atoms with Crippen LogP contribution in [-0.2, 0) is 4.74 Å². The molecule has 0 bridgehead atoms. The fourth-order valence-electron chi connectivity index (χ4n) is 0.277. The molecular weight excluding hydrogens is 395 g/mol. The van der Waals surface area contributed by atoms with Crippen molar-refractivity contribution in [1.29, 1.82) is 0 Å². The van der Waals surface area contributed by atoms with Crippen LogP contribution in [0.4, 0.5) is 30.7 Å². The van der Waals surface area contributed by atoms with E-state index in [9.17, 15) is 30.7 Å². The molecule has 0 heterocycles. The first kappa shape index (κ1) is 15.8. The summed E-state index contributed by atoms with van der Waals surface area (Å²) in [6.45, 7) is 0. The van der Waals surface area contributed by atoms with E-state index >= 15 is 0 Å². The molecule has 0 aromatic carbocycles. The van der Waals surface area contributed by atoms with Gasteiger partial charge in [0.15, 0.2) is 0 Å². The summed E-state index contributed by atoms with van der Waals surface area (Å²) >= 11 is 7.92. The van der Waals surface area contributed by atoms with Crippen LogP contribution in [0.15, 0.2) is 0 Å². The van der Waals surface area contributed by atoms with Crippen molar-refractivity contribution < 1.29 is 35.5 Å². The number of ether oxygens (including phenoxy) is 1. The first-order valence-corrected chi connectivity index (χ1v) is 4.63. The smallest absolute Gasteiger partial charge is 0.258 e. The molecule has 0 radical (unpaired) electrons. The Bertz CT molecular complexity index is 210. The highest BCUT2D eigenvalue weighted by atomic mass is 127. The minimum atomic E-state index is -5.54. The molecule has 1 atom stereocenters. The van der Waals surface area contributed by atoms with Crippen LogP contribution in [0, 0.1) is 0 Å². The third-order valence-corrected chi connectivity index (χ3v) is 2.20. The molecule has 0 spiro atoms. The number of alkyl halides is 10. The zero-order valence-electron chi connectivity index (χ0n) is 6.19. The van der Waals surface area contributed by atoms with Crippen LogP contribution < -0.4 is 0 Å². The largest absolute Gasteiger partial charge is 0.432 e. The second-order valence-electron chi connectivity index (χ2n) is 2.13. The Morgan fingerprint density at radius 1 is 0.867 bits per heavy atom. The fourth-order valence-corrected chi connectivity index (χ4v) is 0.522. The SMILES string of the molecule is FC(F)(Cl)C(F)(Cl)OC(F)(F)C(F)(F)I. The predicted octanol–water partition coefficient (Wildman–Crippen LogP) is 4.32. The Morgan fingerprint density at radius 2 is 1.20 bits per heavy atom. The fraction of sp³-hybridized carbons (Fsp3) is 1.00. The van der Waals surface area contributed by atoms with E-state index in [4.69, 9.17) is 0 Å². The molecule has 0 aliphatic heterocycles. The molecule has 0 saturated heterocycles. The Kier molecular flexibility index (Phi) is 4.44. The van der Waals surface area contributed by atoms with E-state index in [1.54, 1.807) is 0 Å². The van der Waals surface area contributed by atoms with Gasteiger partial charge in [-0.1, -0.05) is 0 Å². The summed E-state index contributed by atoms with van der Waals surface area (Å²) in [5, 5.41) is -10.0. The third kappa shape index (κ3) is 3.93. The lowest BCUT2D eigenvalue weighted by molar-refractivity contribution is -0.375. The van der Waals surface area contributed by atoms with Gasteiger partial charge in [-0.3, -0.25) is 4.74 Å². The lowest BCUT2D eigenvalue weighted by Crippen LogP contribution is -2.48. The standard InChI is InChI=1S/C4Cl2F7IO/c5-1(7,8)2(6,9)15-4(12,13)3(10,11)14. The highest BCUT2D eigenvalue weighted by Crippen LogP contribution is 2.49. The zero-order chi connectivity index (χ0) is 12.7. The molecule has 0 saturated carbocycles. The van der Waals surface area contributed by atoms with Crippen LogP contribution in [0.3, 0.4) is 0 Å². The maximum Gasteiger partial charge on any atom is 0.432 e. The van der Waals surface area contributed by atoms with Crippen molar-refractivity contribution >= 4 is 45.8 Å². The molecule has 1 unspecified atom stereocenters. The molecule has 0 aliphatic rings. The van der Waals surface area contributed by atoms with Crippen molar-refractivity contribution in [3.8, 4) is 0 Å². The van der Waals surface area contributed by atoms with E-state index < -0.39 is 20.7 Å². The minimum absolute atomic E-state index is 0.134. The lowest BCUT2D eigenvalue weighted by atomic mass is 10.6. The number of hydrogen-bond donors (Lipinski definition) is 0. The summed E-state index contributed by atoms with van der Waals surface area (Å²) in [6.07, 6.45) is -5.54. The summed E-state index contributed by atoms with van der Waals surface area (Å²) in [5.41, 5.74) is 0. The van der Waals surface area contributed by atoms with Crippen molar-refractivity contribution in [2.75, 3.05) is 0 Å². The summed E-state index contributed by atoms with van der Waals surface area (Å²) in [6, 6.07) is 0. The van der Waals surface area contributed by atoms with Crippen LogP contribution in [-0.4, -0.2) is 20.7 Å². The normalized spacial score (nSPS) is 18.8. The highest BCUT2D eigenvalue weighted by Gasteiger charge is 2.66. The van der Waals surface area contributed by atoms with Crippen molar-refractivity contribution in [2.45, 2.75) is 20.7 Å². The van der Waals surface area contributed by atoms with Crippen LogP contribution in [0.2, 0.25) is 0 Å². The number of hydrogen-bond acceptors (Lipinski definition) is 1. The first-order chi connectivity index (χ1) is 6.21. The van der Waals surface area contributed by atoms with Gasteiger partial charge >= 0.3 is 20.7 Å². The third-order valence-electron chi connectivity index (χ3n) is 0.916. The molecule has 11 heteroatoms. The van der Waals surface area contributed by atoms with E-state index in [2.05, 4.69) is 27.9 Å². The van der Waals surface area contributed by atoms with E-state index in [0.29, 0.717) is 0 Å². The summed E-state index contributed by atoms with van der Waals surface area (Å²) in [7, 11) is 0. The Balaban J connectivity index is 4.89. The average molecular weight is 395 g/mol. The van der Waals surface area contributed by atoms with Crippen LogP contribution >= 0.6 is 45.8 Å². The monoisotopic (exact) mass is 394 g/mol. The zero-order valence-corrected chi connectivity index (χ0v) is 9.86. The van der Waals surface area contributed by atoms with Crippen molar-refractivity contribution in [2.24, 2.45) is 0 Å². The van der Waals surface area contributed by atoms with Gasteiger partial charge < -0.3 is 0 Å². The molecular formula is C4Cl2F7IO. The second-order valence-corrected chi connectivity index (χ2v) is 4.45. The van der Waals surface area contributed by atoms with Gasteiger partial charge in [-0.25, -0.2) is 0 Å². The van der Waals surface area contributed by atoms with Gasteiger partial charge in [0, 0.05) is 22.6 Å². The van der Waals surface area contributed by atoms with E-state index in [0.717, 1.165) is 0 Å². The van der Waals surface area contributed by atoms with E-state index in [1.807, 2.05) is 0 Å². The van der Waals surface area contributed by atoms with Crippen molar-refractivity contribution in [3.05, 3.63) is 0 Å². The molecule has 0 amide bonds. The van der Waals surface area contributed by atoms with Gasteiger partial charge in [-0.05, 0) is 23.2 Å². The van der Waals surface area contributed by atoms with Gasteiger partial charge in [0.25, 0.3) is 0 Å². The number of rotatable bonds is 4.